The number of esters is 1. The molecule has 10 atom stereocenters. The maximum atomic E-state index is 15.1. The van der Waals surface area contributed by atoms with Crippen LogP contribution >= 0.6 is 0 Å². The number of hydrogen-bond acceptors (Lipinski definition) is 12. The highest BCUT2D eigenvalue weighted by molar-refractivity contribution is 7.91. The number of nitrogens with one attached hydrogen (secondary N) is 1. The van der Waals surface area contributed by atoms with Crippen molar-refractivity contribution in [2.24, 2.45) is 40.9 Å². The maximum absolute atomic E-state index is 15.1. The fraction of sp³-hybridized carbons (Fsp3) is 0.596. The molecule has 1 saturated heterocycles. The van der Waals surface area contributed by atoms with Gasteiger partial charge in [0.05, 0.1) is 48.1 Å². The number of pyridine rings is 2. The lowest BCUT2D eigenvalue weighted by Gasteiger charge is -2.36. The molecule has 0 radical (unpaired) electrons. The molecule has 13 nitrogen and oxygen atoms in total. The SMILES string of the molecule is C=C1[C@@H](CC(=O)OC2C[C@@H]3C[C@@H]3C2)[C@H](C)C[C@@H](C)CC/C=C\[C@@H]2C[C@@]2(C(=O)NS(=O)(=O)C2(C)CC2)CC(=O)[C@@H]2CC(Oc3nc(-c4ccc(OC(C)C)nc4)cc4cc(OC)ccc34)CN12. The Balaban J connectivity index is 1.05. The number of nitrogens with zero attached hydrogens (tertiary/aromatic N) is 3. The zero-order valence-electron chi connectivity index (χ0n) is 39.3. The highest BCUT2D eigenvalue weighted by Crippen LogP contribution is 2.58. The fourth-order valence-corrected chi connectivity index (χ4v) is 12.3. The van der Waals surface area contributed by atoms with E-state index in [0.717, 1.165) is 48.4 Å². The molecule has 9 rings (SSSR count). The molecule has 1 amide bonds. The highest BCUT2D eigenvalue weighted by atomic mass is 32.2. The standard InChI is InChI=1S/C52H66N4O9S/c1-30(2)63-47-15-12-34(28-53-47)44-23-37-22-39(62-7)13-14-42(37)49(54-44)65-41-24-45-46(57)27-52(50(59)55-66(60,61)51(6)16-17-51)26-38(52)11-9-8-10-31(3)18-32(4)43(33(5)56(45)29-41)25-48(58)64-40-20-35-19-36(35)21-40/h9,11-15,22-23,28,30-32,35-36,38,40-41,43,45H,5,8,10,16-21,24-27,29H2,1-4,6-7H3,(H,55,59)/b11-9-/t31-,32+,35-,36+,38+,40?,41?,43-,45-,52+/m0/s1. The Morgan fingerprint density at radius 1 is 1.02 bits per heavy atom. The van der Waals surface area contributed by atoms with Crippen LogP contribution in [0.2, 0.25) is 0 Å². The predicted molar refractivity (Wildman–Crippen MR) is 251 cm³/mol. The lowest BCUT2D eigenvalue weighted by Crippen LogP contribution is -2.45. The van der Waals surface area contributed by atoms with Gasteiger partial charge in [-0.1, -0.05) is 32.6 Å². The minimum Gasteiger partial charge on any atom is -0.497 e. The average molecular weight is 923 g/mol. The average Bonchev–Trinajstić information content (AvgIpc) is 4.23. The fourth-order valence-electron chi connectivity index (χ4n) is 11.0. The molecule has 4 aliphatic carbocycles. The molecule has 4 saturated carbocycles. The molecular formula is C52H66N4O9S. The Morgan fingerprint density at radius 2 is 1.79 bits per heavy atom. The summed E-state index contributed by atoms with van der Waals surface area (Å²) in [6.45, 7) is 14.9. The van der Waals surface area contributed by atoms with Crippen LogP contribution in [0, 0.1) is 40.9 Å². The zero-order valence-corrected chi connectivity index (χ0v) is 40.1. The van der Waals surface area contributed by atoms with E-state index in [9.17, 15) is 18.0 Å². The van der Waals surface area contributed by atoms with Gasteiger partial charge in [-0.15, -0.1) is 0 Å². The minimum atomic E-state index is -3.94. The van der Waals surface area contributed by atoms with Crippen LogP contribution in [0.25, 0.3) is 22.0 Å². The van der Waals surface area contributed by atoms with E-state index in [1.807, 2.05) is 61.2 Å². The third kappa shape index (κ3) is 9.58. The smallest absolute Gasteiger partial charge is 0.306 e. The zero-order chi connectivity index (χ0) is 46.7. The number of ether oxygens (including phenoxy) is 4. The molecule has 354 valence electrons. The number of ketones is 1. The van der Waals surface area contributed by atoms with Gasteiger partial charge in [-0.2, -0.15) is 0 Å². The van der Waals surface area contributed by atoms with Crippen molar-refractivity contribution in [3.05, 3.63) is 67.0 Å². The van der Waals surface area contributed by atoms with Gasteiger partial charge in [0, 0.05) is 47.7 Å². The van der Waals surface area contributed by atoms with E-state index in [-0.39, 0.29) is 67.5 Å². The number of Topliss-reactive ketones (excluding diaryl/α,β-unsaturated/α-hetero) is 1. The number of rotatable bonds is 12. The monoisotopic (exact) mass is 922 g/mol. The summed E-state index contributed by atoms with van der Waals surface area (Å²) in [5.74, 6) is 1.55. The molecule has 3 aromatic rings. The first-order chi connectivity index (χ1) is 31.4. The second kappa shape index (κ2) is 17.9. The Morgan fingerprint density at radius 3 is 2.48 bits per heavy atom. The van der Waals surface area contributed by atoms with E-state index in [0.29, 0.717) is 65.9 Å². The minimum absolute atomic E-state index is 0.0320. The number of amides is 1. The van der Waals surface area contributed by atoms with Crippen molar-refractivity contribution >= 4 is 38.5 Å². The molecule has 0 spiro atoms. The third-order valence-electron chi connectivity index (χ3n) is 15.5. The van der Waals surface area contributed by atoms with Crippen molar-refractivity contribution in [2.75, 3.05) is 13.7 Å². The number of allylic oxidation sites excluding steroid dienone is 3. The second-order valence-electron chi connectivity index (χ2n) is 21.1. The second-order valence-corrected chi connectivity index (χ2v) is 23.3. The first-order valence-corrected chi connectivity index (χ1v) is 25.6. The van der Waals surface area contributed by atoms with Gasteiger partial charge >= 0.3 is 5.97 Å². The molecule has 2 unspecified atom stereocenters. The van der Waals surface area contributed by atoms with Crippen LogP contribution < -0.4 is 18.9 Å². The molecule has 0 bridgehead atoms. The lowest BCUT2D eigenvalue weighted by molar-refractivity contribution is -0.150. The molecule has 2 aliphatic heterocycles. The van der Waals surface area contributed by atoms with Crippen molar-refractivity contribution in [1.82, 2.24) is 19.6 Å². The number of benzene rings is 1. The summed E-state index contributed by atoms with van der Waals surface area (Å²) in [6, 6.07) is 10.6. The molecule has 66 heavy (non-hydrogen) atoms. The summed E-state index contributed by atoms with van der Waals surface area (Å²) >= 11 is 0. The number of fused-ring (bicyclic) bond motifs is 4. The largest absolute Gasteiger partial charge is 0.497 e. The van der Waals surface area contributed by atoms with Gasteiger partial charge in [-0.05, 0) is 144 Å². The van der Waals surface area contributed by atoms with Crippen molar-refractivity contribution in [1.29, 1.82) is 0 Å². The van der Waals surface area contributed by atoms with E-state index >= 15 is 4.79 Å². The normalized spacial score (nSPS) is 32.0. The van der Waals surface area contributed by atoms with Gasteiger partial charge < -0.3 is 23.8 Å². The van der Waals surface area contributed by atoms with Gasteiger partial charge in [0.1, 0.15) is 18.0 Å². The third-order valence-corrected chi connectivity index (χ3v) is 17.7. The van der Waals surface area contributed by atoms with Gasteiger partial charge in [-0.3, -0.25) is 19.1 Å². The summed E-state index contributed by atoms with van der Waals surface area (Å²) in [5.41, 5.74) is 0.834. The van der Waals surface area contributed by atoms with E-state index in [2.05, 4.69) is 36.2 Å². The van der Waals surface area contributed by atoms with E-state index in [1.165, 1.54) is 6.42 Å². The molecule has 1 N–H and O–H groups in total. The summed E-state index contributed by atoms with van der Waals surface area (Å²) in [6.07, 6.45) is 12.3. The summed E-state index contributed by atoms with van der Waals surface area (Å²) in [5, 5.41) is 1.59. The van der Waals surface area contributed by atoms with Crippen LogP contribution in [0.3, 0.4) is 0 Å². The molecular weight excluding hydrogens is 857 g/mol. The topological polar surface area (TPSA) is 163 Å². The van der Waals surface area contributed by atoms with Gasteiger partial charge in [0.15, 0.2) is 5.78 Å². The number of carbonyl (C=O) groups excluding carboxylic acids is 3. The number of carbonyl (C=O) groups is 3. The number of aromatic nitrogens is 2. The lowest BCUT2D eigenvalue weighted by atomic mass is 9.81. The van der Waals surface area contributed by atoms with E-state index in [1.54, 1.807) is 20.2 Å². The van der Waals surface area contributed by atoms with Crippen LogP contribution in [0.5, 0.6) is 17.5 Å². The molecule has 14 heteroatoms. The van der Waals surface area contributed by atoms with Crippen LogP contribution in [-0.2, 0) is 29.1 Å². The van der Waals surface area contributed by atoms with E-state index < -0.39 is 38.2 Å². The number of methoxy groups -OCH3 is 1. The van der Waals surface area contributed by atoms with E-state index in [4.69, 9.17) is 23.9 Å². The highest BCUT2D eigenvalue weighted by Gasteiger charge is 2.62. The molecule has 1 aromatic carbocycles. The quantitative estimate of drug-likeness (QED) is 0.136. The van der Waals surface area contributed by atoms with Crippen LogP contribution in [0.1, 0.15) is 112 Å². The van der Waals surface area contributed by atoms with Crippen LogP contribution in [0.15, 0.2) is 67.0 Å². The van der Waals surface area contributed by atoms with Crippen molar-refractivity contribution in [3.63, 3.8) is 0 Å². The van der Waals surface area contributed by atoms with Crippen molar-refractivity contribution in [3.8, 4) is 28.8 Å². The number of hydrogen-bond donors (Lipinski definition) is 1. The Kier molecular flexibility index (Phi) is 12.5. The molecule has 2 aromatic heterocycles. The van der Waals surface area contributed by atoms with Crippen molar-refractivity contribution < 1.29 is 41.7 Å². The Labute approximate surface area is 389 Å². The van der Waals surface area contributed by atoms with Gasteiger partial charge in [-0.25, -0.2) is 18.4 Å². The van der Waals surface area contributed by atoms with Gasteiger partial charge in [0.2, 0.25) is 27.7 Å². The van der Waals surface area contributed by atoms with Crippen molar-refractivity contribution in [2.45, 2.75) is 141 Å². The van der Waals surface area contributed by atoms with Gasteiger partial charge in [0.25, 0.3) is 0 Å². The molecule has 4 heterocycles. The summed E-state index contributed by atoms with van der Waals surface area (Å²) in [4.78, 5) is 54.8. The molecule has 6 aliphatic rings. The molecule has 5 fully saturated rings. The van der Waals surface area contributed by atoms with Crippen LogP contribution in [-0.4, -0.2) is 83.7 Å². The predicted octanol–water partition coefficient (Wildman–Crippen LogP) is 8.75. The Bertz CT molecular complexity index is 2510. The summed E-state index contributed by atoms with van der Waals surface area (Å²) < 4.78 is 52.8. The first kappa shape index (κ1) is 46.1. The number of sulfonamides is 1. The van der Waals surface area contributed by atoms with Crippen LogP contribution in [0.4, 0.5) is 0 Å². The first-order valence-electron chi connectivity index (χ1n) is 24.1. The summed E-state index contributed by atoms with van der Waals surface area (Å²) in [7, 11) is -2.33. The maximum Gasteiger partial charge on any atom is 0.306 e. The Hall–Kier alpha value is -4.98.